The molecule has 0 bridgehead atoms. The van der Waals surface area contributed by atoms with Crippen LogP contribution in [0.2, 0.25) is 5.02 Å². The number of hydrogen-bond acceptors (Lipinski definition) is 3. The van der Waals surface area contributed by atoms with Crippen molar-refractivity contribution in [2.24, 2.45) is 0 Å². The Kier molecular flexibility index (Phi) is 3.59. The van der Waals surface area contributed by atoms with Crippen LogP contribution in [0.5, 0.6) is 0 Å². The van der Waals surface area contributed by atoms with Gasteiger partial charge in [-0.05, 0) is 18.2 Å². The second kappa shape index (κ2) is 4.98. The monoisotopic (exact) mass is 270 g/mol. The molecule has 1 heterocycles. The summed E-state index contributed by atoms with van der Waals surface area (Å²) in [5.41, 5.74) is 0.709. The van der Waals surface area contributed by atoms with E-state index in [4.69, 9.17) is 11.6 Å². The average Bonchev–Trinajstić information content (AvgIpc) is 2.30. The van der Waals surface area contributed by atoms with E-state index in [1.165, 1.54) is 11.8 Å². The van der Waals surface area contributed by atoms with E-state index in [1.54, 1.807) is 19.2 Å². The molecule has 0 fully saturated rings. The molecule has 17 heavy (non-hydrogen) atoms. The number of halogens is 1. The molecule has 1 aliphatic heterocycles. The highest BCUT2D eigenvalue weighted by Gasteiger charge is 2.28. The van der Waals surface area contributed by atoms with E-state index in [-0.39, 0.29) is 23.5 Å². The van der Waals surface area contributed by atoms with Crippen molar-refractivity contribution in [3.8, 4) is 0 Å². The Morgan fingerprint density at radius 1 is 1.59 bits per heavy atom. The Hall–Kier alpha value is -1.20. The van der Waals surface area contributed by atoms with E-state index in [1.807, 2.05) is 6.07 Å². The molecule has 0 radical (unpaired) electrons. The first-order valence-electron chi connectivity index (χ1n) is 5.08. The van der Waals surface area contributed by atoms with Gasteiger partial charge in [0, 0.05) is 23.4 Å². The van der Waals surface area contributed by atoms with Gasteiger partial charge in [0.2, 0.25) is 11.8 Å². The summed E-state index contributed by atoms with van der Waals surface area (Å²) >= 11 is 7.23. The summed E-state index contributed by atoms with van der Waals surface area (Å²) in [6.07, 6.45) is 0.176. The van der Waals surface area contributed by atoms with Crippen LogP contribution in [0.1, 0.15) is 6.42 Å². The third kappa shape index (κ3) is 2.73. The molecule has 1 unspecified atom stereocenters. The van der Waals surface area contributed by atoms with Gasteiger partial charge in [0.05, 0.1) is 10.9 Å². The Bertz CT molecular complexity index is 479. The van der Waals surface area contributed by atoms with Crippen LogP contribution in [0.15, 0.2) is 23.1 Å². The predicted octanol–water partition coefficient (Wildman–Crippen LogP) is 1.89. The fourth-order valence-corrected chi connectivity index (χ4v) is 2.79. The number of amides is 2. The van der Waals surface area contributed by atoms with Gasteiger partial charge >= 0.3 is 0 Å². The third-order valence-electron chi connectivity index (χ3n) is 2.41. The van der Waals surface area contributed by atoms with Crippen LogP contribution in [0.25, 0.3) is 0 Å². The summed E-state index contributed by atoms with van der Waals surface area (Å²) in [4.78, 5) is 24.0. The topological polar surface area (TPSA) is 58.2 Å². The molecule has 0 aromatic heterocycles. The highest BCUT2D eigenvalue weighted by molar-refractivity contribution is 8.01. The number of carbonyl (C=O) groups excluding carboxylic acids is 2. The Morgan fingerprint density at radius 2 is 2.35 bits per heavy atom. The lowest BCUT2D eigenvalue weighted by molar-refractivity contribution is -0.123. The zero-order valence-electron chi connectivity index (χ0n) is 9.12. The van der Waals surface area contributed by atoms with Crippen molar-refractivity contribution in [3.05, 3.63) is 23.2 Å². The van der Waals surface area contributed by atoms with Gasteiger partial charge < -0.3 is 10.6 Å². The fraction of sp³-hybridized carbons (Fsp3) is 0.273. The Labute approximate surface area is 108 Å². The first-order chi connectivity index (χ1) is 8.10. The minimum Gasteiger partial charge on any atom is -0.359 e. The van der Waals surface area contributed by atoms with E-state index in [0.29, 0.717) is 10.7 Å². The van der Waals surface area contributed by atoms with Crippen LogP contribution in [0.4, 0.5) is 5.69 Å². The molecule has 4 nitrogen and oxygen atoms in total. The summed E-state index contributed by atoms with van der Waals surface area (Å²) in [6.45, 7) is 0. The highest BCUT2D eigenvalue weighted by Crippen LogP contribution is 2.38. The number of hydrogen-bond donors (Lipinski definition) is 2. The van der Waals surface area contributed by atoms with E-state index in [2.05, 4.69) is 10.6 Å². The lowest BCUT2D eigenvalue weighted by atomic mass is 10.2. The van der Waals surface area contributed by atoms with Crippen LogP contribution in [-0.4, -0.2) is 24.1 Å². The van der Waals surface area contributed by atoms with Gasteiger partial charge in [-0.3, -0.25) is 9.59 Å². The standard InChI is InChI=1S/C11H11ClN2O2S/c1-13-10(15)5-9-11(16)14-7-4-6(12)2-3-8(7)17-9/h2-4,9H,5H2,1H3,(H,13,15)(H,14,16). The van der Waals surface area contributed by atoms with Crippen LogP contribution < -0.4 is 10.6 Å². The normalized spacial score (nSPS) is 18.2. The van der Waals surface area contributed by atoms with Crippen molar-refractivity contribution in [3.63, 3.8) is 0 Å². The highest BCUT2D eigenvalue weighted by atomic mass is 35.5. The van der Waals surface area contributed by atoms with E-state index >= 15 is 0 Å². The first-order valence-corrected chi connectivity index (χ1v) is 6.33. The van der Waals surface area contributed by atoms with Crippen LogP contribution in [0.3, 0.4) is 0 Å². The lowest BCUT2D eigenvalue weighted by Gasteiger charge is -2.23. The molecular formula is C11H11ClN2O2S. The zero-order chi connectivity index (χ0) is 12.4. The molecule has 0 saturated carbocycles. The molecular weight excluding hydrogens is 260 g/mol. The quantitative estimate of drug-likeness (QED) is 0.863. The number of nitrogens with one attached hydrogen (secondary N) is 2. The second-order valence-corrected chi connectivity index (χ2v) is 5.29. The van der Waals surface area contributed by atoms with Gasteiger partial charge in [-0.2, -0.15) is 0 Å². The molecule has 1 aromatic carbocycles. The summed E-state index contributed by atoms with van der Waals surface area (Å²) in [7, 11) is 1.56. The fourth-order valence-electron chi connectivity index (χ4n) is 1.53. The molecule has 0 saturated heterocycles. The molecule has 2 N–H and O–H groups in total. The van der Waals surface area contributed by atoms with Crippen LogP contribution in [0, 0.1) is 0 Å². The molecule has 1 atom stereocenters. The first kappa shape index (κ1) is 12.3. The number of anilines is 1. The largest absolute Gasteiger partial charge is 0.359 e. The summed E-state index contributed by atoms with van der Waals surface area (Å²) in [5.74, 6) is -0.302. The Balaban J connectivity index is 2.18. The van der Waals surface area contributed by atoms with Crippen molar-refractivity contribution in [1.82, 2.24) is 5.32 Å². The maximum Gasteiger partial charge on any atom is 0.238 e. The van der Waals surface area contributed by atoms with Crippen molar-refractivity contribution in [1.29, 1.82) is 0 Å². The van der Waals surface area contributed by atoms with Crippen molar-refractivity contribution >= 4 is 40.9 Å². The van der Waals surface area contributed by atoms with Gasteiger partial charge in [0.15, 0.2) is 0 Å². The number of benzene rings is 1. The number of fused-ring (bicyclic) bond motifs is 1. The number of carbonyl (C=O) groups is 2. The molecule has 1 aromatic rings. The van der Waals surface area contributed by atoms with Crippen LogP contribution >= 0.6 is 23.4 Å². The summed E-state index contributed by atoms with van der Waals surface area (Å²) in [6, 6.07) is 5.32. The molecule has 1 aliphatic rings. The summed E-state index contributed by atoms with van der Waals surface area (Å²) in [5, 5.41) is 5.46. The Morgan fingerprint density at radius 3 is 3.06 bits per heavy atom. The minimum atomic E-state index is -0.386. The second-order valence-electron chi connectivity index (χ2n) is 3.61. The van der Waals surface area contributed by atoms with Crippen molar-refractivity contribution in [2.45, 2.75) is 16.6 Å². The maximum atomic E-state index is 11.8. The van der Waals surface area contributed by atoms with Gasteiger partial charge in [-0.25, -0.2) is 0 Å². The predicted molar refractivity (Wildman–Crippen MR) is 68.4 cm³/mol. The van der Waals surface area contributed by atoms with Crippen molar-refractivity contribution in [2.75, 3.05) is 12.4 Å². The smallest absolute Gasteiger partial charge is 0.238 e. The van der Waals surface area contributed by atoms with Gasteiger partial charge in [0.1, 0.15) is 0 Å². The van der Waals surface area contributed by atoms with Crippen LogP contribution in [-0.2, 0) is 9.59 Å². The molecule has 6 heteroatoms. The molecule has 0 aliphatic carbocycles. The summed E-state index contributed by atoms with van der Waals surface area (Å²) < 4.78 is 0. The lowest BCUT2D eigenvalue weighted by Crippen LogP contribution is -2.33. The van der Waals surface area contributed by atoms with E-state index in [9.17, 15) is 9.59 Å². The number of rotatable bonds is 2. The van der Waals surface area contributed by atoms with Gasteiger partial charge in [0.25, 0.3) is 0 Å². The maximum absolute atomic E-state index is 11.8. The van der Waals surface area contributed by atoms with E-state index in [0.717, 1.165) is 4.90 Å². The minimum absolute atomic E-state index is 0.143. The molecule has 0 spiro atoms. The molecule has 2 rings (SSSR count). The number of thioether (sulfide) groups is 1. The third-order valence-corrected chi connectivity index (χ3v) is 3.92. The van der Waals surface area contributed by atoms with E-state index < -0.39 is 0 Å². The van der Waals surface area contributed by atoms with Gasteiger partial charge in [-0.15, -0.1) is 11.8 Å². The molecule has 90 valence electrons. The molecule has 2 amide bonds. The zero-order valence-corrected chi connectivity index (χ0v) is 10.7. The SMILES string of the molecule is CNC(=O)CC1Sc2ccc(Cl)cc2NC1=O. The van der Waals surface area contributed by atoms with Crippen molar-refractivity contribution < 1.29 is 9.59 Å². The van der Waals surface area contributed by atoms with Gasteiger partial charge in [-0.1, -0.05) is 11.6 Å². The average molecular weight is 271 g/mol.